The van der Waals surface area contributed by atoms with Crippen LogP contribution in [0.25, 0.3) is 0 Å². The summed E-state index contributed by atoms with van der Waals surface area (Å²) in [5.74, 6) is 0.798. The molecule has 98 valence electrons. The number of nitrogens with zero attached hydrogens (tertiary/aromatic N) is 2. The molecule has 1 heterocycles. The van der Waals surface area contributed by atoms with E-state index in [9.17, 15) is 0 Å². The van der Waals surface area contributed by atoms with Gasteiger partial charge < -0.3 is 5.32 Å². The minimum Gasteiger partial charge on any atom is -0.315 e. The van der Waals surface area contributed by atoms with Gasteiger partial charge in [-0.1, -0.05) is 25.4 Å². The summed E-state index contributed by atoms with van der Waals surface area (Å²) in [4.78, 5) is 0. The number of halogens is 1. The van der Waals surface area contributed by atoms with Crippen LogP contribution in [0, 0.1) is 19.8 Å². The van der Waals surface area contributed by atoms with Gasteiger partial charge in [0.1, 0.15) is 0 Å². The van der Waals surface area contributed by atoms with Gasteiger partial charge in [-0.2, -0.15) is 5.10 Å². The van der Waals surface area contributed by atoms with Crippen molar-refractivity contribution in [1.29, 1.82) is 0 Å². The van der Waals surface area contributed by atoms with Crippen LogP contribution in [0.2, 0.25) is 5.02 Å². The first-order valence-electron chi connectivity index (χ1n) is 6.42. The molecule has 1 rings (SSSR count). The quantitative estimate of drug-likeness (QED) is 0.761. The van der Waals surface area contributed by atoms with E-state index in [1.807, 2.05) is 18.5 Å². The Balaban J connectivity index is 2.20. The Morgan fingerprint density at radius 1 is 1.29 bits per heavy atom. The molecule has 0 aromatic carbocycles. The summed E-state index contributed by atoms with van der Waals surface area (Å²) >= 11 is 6.09. The Kier molecular flexibility index (Phi) is 6.00. The number of hydrogen-bond donors (Lipinski definition) is 1. The molecule has 0 amide bonds. The van der Waals surface area contributed by atoms with Crippen LogP contribution in [-0.2, 0) is 6.54 Å². The minimum absolute atomic E-state index is 0.796. The molecular weight excluding hydrogens is 234 g/mol. The van der Waals surface area contributed by atoms with E-state index in [0.29, 0.717) is 0 Å². The van der Waals surface area contributed by atoms with Crippen LogP contribution in [-0.4, -0.2) is 22.9 Å². The third kappa shape index (κ3) is 4.68. The van der Waals surface area contributed by atoms with Gasteiger partial charge in [0.25, 0.3) is 0 Å². The first-order valence-corrected chi connectivity index (χ1v) is 6.80. The Hall–Kier alpha value is -0.540. The van der Waals surface area contributed by atoms with Crippen LogP contribution in [0.5, 0.6) is 0 Å². The number of aromatic nitrogens is 2. The zero-order valence-corrected chi connectivity index (χ0v) is 12.1. The molecule has 0 fully saturated rings. The van der Waals surface area contributed by atoms with Crippen molar-refractivity contribution in [1.82, 2.24) is 15.1 Å². The molecule has 1 N–H and O–H groups in total. The molecule has 1 aromatic heterocycles. The smallest absolute Gasteiger partial charge is 0.0844 e. The van der Waals surface area contributed by atoms with Gasteiger partial charge in [-0.05, 0) is 39.2 Å². The molecule has 0 saturated heterocycles. The molecule has 0 atom stereocenters. The Bertz CT molecular complexity index is 345. The molecule has 1 aromatic rings. The minimum atomic E-state index is 0.796. The first kappa shape index (κ1) is 14.5. The summed E-state index contributed by atoms with van der Waals surface area (Å²) in [6, 6.07) is 0. The highest BCUT2D eigenvalue weighted by atomic mass is 35.5. The number of aryl methyl sites for hydroxylation is 1. The molecule has 0 aliphatic heterocycles. The number of hydrogen-bond acceptors (Lipinski definition) is 2. The predicted molar refractivity (Wildman–Crippen MR) is 73.7 cm³/mol. The zero-order chi connectivity index (χ0) is 12.8. The number of nitrogens with one attached hydrogen (secondary N) is 1. The van der Waals surface area contributed by atoms with E-state index in [1.165, 1.54) is 12.8 Å². The van der Waals surface area contributed by atoms with E-state index in [2.05, 4.69) is 24.3 Å². The molecular formula is C13H24ClN3. The van der Waals surface area contributed by atoms with E-state index in [1.54, 1.807) is 0 Å². The molecule has 0 unspecified atom stereocenters. The highest BCUT2D eigenvalue weighted by Gasteiger charge is 2.07. The van der Waals surface area contributed by atoms with E-state index in [-0.39, 0.29) is 0 Å². The Morgan fingerprint density at radius 3 is 2.53 bits per heavy atom. The summed E-state index contributed by atoms with van der Waals surface area (Å²) in [7, 11) is 0. The molecule has 4 heteroatoms. The summed E-state index contributed by atoms with van der Waals surface area (Å²) in [5.41, 5.74) is 1.98. The summed E-state index contributed by atoms with van der Waals surface area (Å²) in [5, 5.41) is 8.64. The zero-order valence-electron chi connectivity index (χ0n) is 11.4. The Labute approximate surface area is 110 Å². The average molecular weight is 258 g/mol. The molecule has 0 bridgehead atoms. The predicted octanol–water partition coefficient (Wildman–Crippen LogP) is 3.18. The van der Waals surface area contributed by atoms with Crippen molar-refractivity contribution in [2.75, 3.05) is 13.1 Å². The van der Waals surface area contributed by atoms with Gasteiger partial charge in [0, 0.05) is 6.54 Å². The highest BCUT2D eigenvalue weighted by Crippen LogP contribution is 2.18. The number of rotatable bonds is 7. The second kappa shape index (κ2) is 7.02. The van der Waals surface area contributed by atoms with Crippen LogP contribution < -0.4 is 5.32 Å². The van der Waals surface area contributed by atoms with Crippen molar-refractivity contribution >= 4 is 11.6 Å². The van der Waals surface area contributed by atoms with Crippen molar-refractivity contribution in [2.24, 2.45) is 5.92 Å². The maximum absolute atomic E-state index is 6.09. The van der Waals surface area contributed by atoms with Crippen LogP contribution in [0.1, 0.15) is 38.1 Å². The van der Waals surface area contributed by atoms with Crippen LogP contribution in [0.15, 0.2) is 0 Å². The summed E-state index contributed by atoms with van der Waals surface area (Å²) in [6.07, 6.45) is 2.54. The average Bonchev–Trinajstić information content (AvgIpc) is 2.51. The summed E-state index contributed by atoms with van der Waals surface area (Å²) in [6.45, 7) is 11.4. The molecule has 17 heavy (non-hydrogen) atoms. The molecule has 0 aliphatic carbocycles. The van der Waals surface area contributed by atoms with E-state index in [0.717, 1.165) is 42.0 Å². The first-order chi connectivity index (χ1) is 8.02. The lowest BCUT2D eigenvalue weighted by atomic mass is 10.1. The van der Waals surface area contributed by atoms with Gasteiger partial charge in [-0.15, -0.1) is 0 Å². The SMILES string of the molecule is Cc1nn(CCNCCCC(C)C)c(C)c1Cl. The lowest BCUT2D eigenvalue weighted by Gasteiger charge is -2.07. The van der Waals surface area contributed by atoms with Crippen molar-refractivity contribution in [3.05, 3.63) is 16.4 Å². The second-order valence-electron chi connectivity index (χ2n) is 4.99. The monoisotopic (exact) mass is 257 g/mol. The highest BCUT2D eigenvalue weighted by molar-refractivity contribution is 6.31. The topological polar surface area (TPSA) is 29.9 Å². The Morgan fingerprint density at radius 2 is 2.00 bits per heavy atom. The van der Waals surface area contributed by atoms with Crippen molar-refractivity contribution < 1.29 is 0 Å². The van der Waals surface area contributed by atoms with Gasteiger partial charge in [0.2, 0.25) is 0 Å². The molecule has 0 radical (unpaired) electrons. The van der Waals surface area contributed by atoms with Gasteiger partial charge in [0.15, 0.2) is 0 Å². The lowest BCUT2D eigenvalue weighted by molar-refractivity contribution is 0.500. The fourth-order valence-corrected chi connectivity index (χ4v) is 1.97. The molecule has 3 nitrogen and oxygen atoms in total. The van der Waals surface area contributed by atoms with E-state index < -0.39 is 0 Å². The molecule has 0 spiro atoms. The maximum atomic E-state index is 6.09. The second-order valence-corrected chi connectivity index (χ2v) is 5.37. The van der Waals surface area contributed by atoms with Gasteiger partial charge in [-0.25, -0.2) is 0 Å². The lowest BCUT2D eigenvalue weighted by Crippen LogP contribution is -2.22. The van der Waals surface area contributed by atoms with Crippen LogP contribution >= 0.6 is 11.6 Å². The van der Waals surface area contributed by atoms with E-state index in [4.69, 9.17) is 11.6 Å². The van der Waals surface area contributed by atoms with Gasteiger partial charge in [-0.3, -0.25) is 4.68 Å². The summed E-state index contributed by atoms with van der Waals surface area (Å²) < 4.78 is 1.98. The third-order valence-corrected chi connectivity index (χ3v) is 3.48. The third-order valence-electron chi connectivity index (χ3n) is 2.93. The fourth-order valence-electron chi connectivity index (χ4n) is 1.84. The standard InChI is InChI=1S/C13H24ClN3/c1-10(2)6-5-7-15-8-9-17-12(4)13(14)11(3)16-17/h10,15H,5-9H2,1-4H3. The van der Waals surface area contributed by atoms with Crippen LogP contribution in [0.4, 0.5) is 0 Å². The van der Waals surface area contributed by atoms with Crippen molar-refractivity contribution in [3.63, 3.8) is 0 Å². The van der Waals surface area contributed by atoms with Crippen LogP contribution in [0.3, 0.4) is 0 Å². The molecule has 0 saturated carbocycles. The normalized spacial score (nSPS) is 11.4. The fraction of sp³-hybridized carbons (Fsp3) is 0.769. The van der Waals surface area contributed by atoms with Crippen molar-refractivity contribution in [3.8, 4) is 0 Å². The molecule has 0 aliphatic rings. The van der Waals surface area contributed by atoms with Crippen molar-refractivity contribution in [2.45, 2.75) is 47.1 Å². The van der Waals surface area contributed by atoms with Gasteiger partial charge >= 0.3 is 0 Å². The van der Waals surface area contributed by atoms with E-state index >= 15 is 0 Å². The maximum Gasteiger partial charge on any atom is 0.0844 e. The van der Waals surface area contributed by atoms with Gasteiger partial charge in [0.05, 0.1) is 23.0 Å². The largest absolute Gasteiger partial charge is 0.315 e.